The Labute approximate surface area is 147 Å². The van der Waals surface area contributed by atoms with E-state index in [2.05, 4.69) is 10.3 Å². The Hall–Kier alpha value is -2.73. The molecule has 0 saturated heterocycles. The van der Waals surface area contributed by atoms with Crippen LogP contribution in [0.5, 0.6) is 0 Å². The number of benzene rings is 2. The normalized spacial score (nSPS) is 13.0. The van der Waals surface area contributed by atoms with Crippen molar-refractivity contribution < 1.29 is 9.18 Å². The molecule has 2 aromatic carbocycles. The molecule has 3 aromatic rings. The molecule has 0 bridgehead atoms. The van der Waals surface area contributed by atoms with Crippen molar-refractivity contribution in [3.8, 4) is 0 Å². The van der Waals surface area contributed by atoms with Crippen molar-refractivity contribution in [1.82, 2.24) is 9.55 Å². The first-order chi connectivity index (χ1) is 12.0. The third-order valence-electron chi connectivity index (χ3n) is 4.26. The molecule has 4 rings (SSSR count). The quantitative estimate of drug-likeness (QED) is 0.764. The maximum Gasteiger partial charge on any atom is 0.261 e. The van der Waals surface area contributed by atoms with E-state index in [0.717, 1.165) is 18.7 Å². The Kier molecular flexibility index (Phi) is 3.77. The average molecular weight is 358 g/mol. The summed E-state index contributed by atoms with van der Waals surface area (Å²) in [6.07, 6.45) is 1.63. The lowest BCUT2D eigenvalue weighted by Gasteiger charge is -2.09. The molecule has 126 valence electrons. The lowest BCUT2D eigenvalue weighted by Crippen LogP contribution is -2.21. The number of carbonyl (C=O) groups is 1. The number of amides is 1. The van der Waals surface area contributed by atoms with E-state index in [9.17, 15) is 14.0 Å². The van der Waals surface area contributed by atoms with Crippen molar-refractivity contribution in [3.63, 3.8) is 0 Å². The molecule has 0 spiro atoms. The molecule has 0 radical (unpaired) electrons. The number of anilines is 1. The lowest BCUT2D eigenvalue weighted by atomic mass is 10.1. The van der Waals surface area contributed by atoms with Crippen LogP contribution >= 0.6 is 11.6 Å². The number of nitrogens with zero attached hydrogens (tertiary/aromatic N) is 2. The summed E-state index contributed by atoms with van der Waals surface area (Å²) < 4.78 is 15.4. The lowest BCUT2D eigenvalue weighted by molar-refractivity contribution is 0.102. The zero-order valence-electron chi connectivity index (χ0n) is 13.1. The first-order valence-electron chi connectivity index (χ1n) is 7.83. The fourth-order valence-electron chi connectivity index (χ4n) is 3.01. The molecule has 0 fully saturated rings. The molecule has 7 heteroatoms. The summed E-state index contributed by atoms with van der Waals surface area (Å²) in [6.45, 7) is 0.674. The number of rotatable bonds is 2. The van der Waals surface area contributed by atoms with Crippen LogP contribution in [0, 0.1) is 5.82 Å². The van der Waals surface area contributed by atoms with Crippen molar-refractivity contribution in [3.05, 3.63) is 69.0 Å². The molecule has 1 N–H and O–H groups in total. The Balaban J connectivity index is 1.72. The highest BCUT2D eigenvalue weighted by Gasteiger charge is 2.17. The summed E-state index contributed by atoms with van der Waals surface area (Å²) >= 11 is 5.83. The second-order valence-corrected chi connectivity index (χ2v) is 6.34. The van der Waals surface area contributed by atoms with Crippen molar-refractivity contribution in [2.45, 2.75) is 19.4 Å². The molecule has 1 aliphatic heterocycles. The Morgan fingerprint density at radius 2 is 2.08 bits per heavy atom. The number of hydrogen-bond acceptors (Lipinski definition) is 3. The molecule has 2 heterocycles. The average Bonchev–Trinajstić information content (AvgIpc) is 3.06. The second-order valence-electron chi connectivity index (χ2n) is 5.90. The van der Waals surface area contributed by atoms with Crippen LogP contribution in [-0.2, 0) is 13.0 Å². The van der Waals surface area contributed by atoms with Crippen molar-refractivity contribution in [2.75, 3.05) is 5.32 Å². The van der Waals surface area contributed by atoms with Gasteiger partial charge in [-0.2, -0.15) is 0 Å². The van der Waals surface area contributed by atoms with Crippen LogP contribution < -0.4 is 10.9 Å². The van der Waals surface area contributed by atoms with Crippen LogP contribution in [0.4, 0.5) is 10.1 Å². The largest absolute Gasteiger partial charge is 0.319 e. The third kappa shape index (κ3) is 2.78. The van der Waals surface area contributed by atoms with Gasteiger partial charge in [-0.05, 0) is 42.8 Å². The van der Waals surface area contributed by atoms with Crippen molar-refractivity contribution in [1.29, 1.82) is 0 Å². The highest BCUT2D eigenvalue weighted by Crippen LogP contribution is 2.21. The zero-order valence-corrected chi connectivity index (χ0v) is 13.8. The molecule has 1 aromatic heterocycles. The van der Waals surface area contributed by atoms with E-state index in [-0.39, 0.29) is 11.2 Å². The topological polar surface area (TPSA) is 64.0 Å². The summed E-state index contributed by atoms with van der Waals surface area (Å²) in [6, 6.07) is 8.59. The molecule has 0 saturated carbocycles. The summed E-state index contributed by atoms with van der Waals surface area (Å²) in [7, 11) is 0. The molecular weight excluding hydrogens is 345 g/mol. The number of nitrogens with one attached hydrogen (secondary N) is 1. The highest BCUT2D eigenvalue weighted by molar-refractivity contribution is 6.31. The maximum atomic E-state index is 13.8. The summed E-state index contributed by atoms with van der Waals surface area (Å²) in [5, 5.41) is 3.28. The Morgan fingerprint density at radius 3 is 2.92 bits per heavy atom. The number of carbonyl (C=O) groups excluding carboxylic acids is 1. The van der Waals surface area contributed by atoms with Gasteiger partial charge >= 0.3 is 0 Å². The van der Waals surface area contributed by atoms with Gasteiger partial charge < -0.3 is 5.32 Å². The Bertz CT molecular complexity index is 1080. The van der Waals surface area contributed by atoms with Gasteiger partial charge in [0.2, 0.25) is 0 Å². The van der Waals surface area contributed by atoms with E-state index >= 15 is 0 Å². The van der Waals surface area contributed by atoms with Crippen molar-refractivity contribution >= 4 is 34.1 Å². The fraction of sp³-hybridized carbons (Fsp3) is 0.167. The van der Waals surface area contributed by atoms with E-state index in [1.165, 1.54) is 24.3 Å². The standard InChI is InChI=1S/C18H13ClFN3O2/c19-11-4-6-13(20)15(9-11)22-17(24)10-3-5-12-14(8-10)21-16-2-1-7-23(16)18(12)25/h3-6,8-9H,1-2,7H2,(H,22,24). The molecule has 0 aliphatic carbocycles. The van der Waals surface area contributed by atoms with Crippen LogP contribution in [-0.4, -0.2) is 15.5 Å². The van der Waals surface area contributed by atoms with Crippen LogP contribution in [0.25, 0.3) is 10.9 Å². The van der Waals surface area contributed by atoms with Crippen LogP contribution in [0.2, 0.25) is 5.02 Å². The molecule has 25 heavy (non-hydrogen) atoms. The summed E-state index contributed by atoms with van der Waals surface area (Å²) in [5.74, 6) is -0.339. The monoisotopic (exact) mass is 357 g/mol. The van der Waals surface area contributed by atoms with Crippen LogP contribution in [0.1, 0.15) is 22.6 Å². The maximum absolute atomic E-state index is 13.8. The van der Waals surface area contributed by atoms with E-state index in [1.54, 1.807) is 16.7 Å². The van der Waals surface area contributed by atoms with Gasteiger partial charge in [-0.25, -0.2) is 9.37 Å². The van der Waals surface area contributed by atoms with E-state index in [0.29, 0.717) is 28.0 Å². The van der Waals surface area contributed by atoms with Crippen LogP contribution in [0.15, 0.2) is 41.2 Å². The molecular formula is C18H13ClFN3O2. The first-order valence-corrected chi connectivity index (χ1v) is 8.20. The van der Waals surface area contributed by atoms with Gasteiger partial charge in [-0.3, -0.25) is 14.2 Å². The summed E-state index contributed by atoms with van der Waals surface area (Å²) in [4.78, 5) is 29.3. The van der Waals surface area contributed by atoms with Gasteiger partial charge in [0.1, 0.15) is 11.6 Å². The van der Waals surface area contributed by atoms with Gasteiger partial charge in [0.05, 0.1) is 16.6 Å². The first kappa shape index (κ1) is 15.8. The SMILES string of the molecule is O=C(Nc1cc(Cl)ccc1F)c1ccc2c(=O)n3c(nc2c1)CCC3. The predicted octanol–water partition coefficient (Wildman–Crippen LogP) is 3.39. The van der Waals surface area contributed by atoms with Gasteiger partial charge in [0, 0.05) is 23.6 Å². The molecule has 5 nitrogen and oxygen atoms in total. The smallest absolute Gasteiger partial charge is 0.261 e. The number of hydrogen-bond donors (Lipinski definition) is 1. The molecule has 0 unspecified atom stereocenters. The molecule has 1 aliphatic rings. The number of aryl methyl sites for hydroxylation is 1. The van der Waals surface area contributed by atoms with Gasteiger partial charge in [-0.1, -0.05) is 11.6 Å². The predicted molar refractivity (Wildman–Crippen MR) is 93.7 cm³/mol. The minimum atomic E-state index is -0.576. The second kappa shape index (κ2) is 5.97. The zero-order chi connectivity index (χ0) is 17.6. The van der Waals surface area contributed by atoms with E-state index in [4.69, 9.17) is 11.6 Å². The fourth-order valence-corrected chi connectivity index (χ4v) is 3.18. The molecule has 1 amide bonds. The highest BCUT2D eigenvalue weighted by atomic mass is 35.5. The van der Waals surface area contributed by atoms with Crippen LogP contribution in [0.3, 0.4) is 0 Å². The van der Waals surface area contributed by atoms with Gasteiger partial charge in [0.15, 0.2) is 0 Å². The number of fused-ring (bicyclic) bond motifs is 2. The van der Waals surface area contributed by atoms with Gasteiger partial charge in [-0.15, -0.1) is 0 Å². The Morgan fingerprint density at radius 1 is 1.24 bits per heavy atom. The number of halogens is 2. The van der Waals surface area contributed by atoms with Crippen molar-refractivity contribution in [2.24, 2.45) is 0 Å². The minimum absolute atomic E-state index is 0.000390. The summed E-state index contributed by atoms with van der Waals surface area (Å²) in [5.41, 5.74) is 0.670. The minimum Gasteiger partial charge on any atom is -0.319 e. The van der Waals surface area contributed by atoms with E-state index in [1.807, 2.05) is 0 Å². The number of aromatic nitrogens is 2. The van der Waals surface area contributed by atoms with E-state index < -0.39 is 11.7 Å². The van der Waals surface area contributed by atoms with Gasteiger partial charge in [0.25, 0.3) is 11.5 Å². The third-order valence-corrected chi connectivity index (χ3v) is 4.49. The molecule has 0 atom stereocenters.